The SMILES string of the molecule is CC1(C)c2ccc(-c3ccc(-c4c5ccccc5c(-c5ccccc5)c5ccccc45)c4ccccc34)cc2-c2cc3cc4sc5ccccc5c4cc3cc21. The number of benzene rings is 10. The van der Waals surface area contributed by atoms with Gasteiger partial charge in [0.15, 0.2) is 0 Å². The van der Waals surface area contributed by atoms with Crippen molar-refractivity contribution in [3.8, 4) is 44.5 Å². The first-order valence-corrected chi connectivity index (χ1v) is 20.4. The topological polar surface area (TPSA) is 0 Å². The minimum absolute atomic E-state index is 0.0942. The molecule has 1 aliphatic rings. The maximum Gasteiger partial charge on any atom is 0.0361 e. The Balaban J connectivity index is 1.05. The molecule has 0 nitrogen and oxygen atoms in total. The van der Waals surface area contributed by atoms with Crippen molar-refractivity contribution < 1.29 is 0 Å². The van der Waals surface area contributed by atoms with E-state index in [0.29, 0.717) is 0 Å². The molecule has 0 aliphatic heterocycles. The van der Waals surface area contributed by atoms with Crippen LogP contribution in [-0.2, 0) is 5.41 Å². The highest BCUT2D eigenvalue weighted by Gasteiger charge is 2.36. The van der Waals surface area contributed by atoms with Gasteiger partial charge >= 0.3 is 0 Å². The zero-order valence-corrected chi connectivity index (χ0v) is 32.0. The average molecular weight is 729 g/mol. The smallest absolute Gasteiger partial charge is 0.0361 e. The van der Waals surface area contributed by atoms with Crippen molar-refractivity contribution in [1.29, 1.82) is 0 Å². The molecule has 12 rings (SSSR count). The van der Waals surface area contributed by atoms with E-state index in [9.17, 15) is 0 Å². The summed E-state index contributed by atoms with van der Waals surface area (Å²) in [5, 5.41) is 13.0. The highest BCUT2D eigenvalue weighted by Crippen LogP contribution is 2.52. The Morgan fingerprint density at radius 3 is 1.59 bits per heavy atom. The second-order valence-corrected chi connectivity index (χ2v) is 17.1. The lowest BCUT2D eigenvalue weighted by molar-refractivity contribution is 0.661. The average Bonchev–Trinajstić information content (AvgIpc) is 3.71. The Morgan fingerprint density at radius 2 is 0.875 bits per heavy atom. The van der Waals surface area contributed by atoms with Gasteiger partial charge in [-0.3, -0.25) is 0 Å². The Hall–Kier alpha value is -6.54. The largest absolute Gasteiger partial charge is 0.135 e. The van der Waals surface area contributed by atoms with Crippen LogP contribution in [0.4, 0.5) is 0 Å². The summed E-state index contributed by atoms with van der Waals surface area (Å²) in [4.78, 5) is 0. The molecule has 0 amide bonds. The van der Waals surface area contributed by atoms with Gasteiger partial charge < -0.3 is 0 Å². The van der Waals surface area contributed by atoms with E-state index in [0.717, 1.165) is 0 Å². The van der Waals surface area contributed by atoms with Crippen LogP contribution < -0.4 is 0 Å². The predicted molar refractivity (Wildman–Crippen MR) is 243 cm³/mol. The van der Waals surface area contributed by atoms with Gasteiger partial charge in [0.1, 0.15) is 0 Å². The van der Waals surface area contributed by atoms with E-state index in [4.69, 9.17) is 0 Å². The summed E-state index contributed by atoms with van der Waals surface area (Å²) in [5.74, 6) is 0. The molecule has 0 atom stereocenters. The molecule has 262 valence electrons. The summed E-state index contributed by atoms with van der Waals surface area (Å²) < 4.78 is 2.70. The second kappa shape index (κ2) is 11.7. The minimum Gasteiger partial charge on any atom is -0.135 e. The minimum atomic E-state index is -0.0942. The van der Waals surface area contributed by atoms with Crippen LogP contribution in [0.3, 0.4) is 0 Å². The van der Waals surface area contributed by atoms with E-state index in [1.54, 1.807) is 0 Å². The van der Waals surface area contributed by atoms with Gasteiger partial charge in [-0.05, 0) is 135 Å². The maximum absolute atomic E-state index is 2.47. The first-order chi connectivity index (χ1) is 27.5. The van der Waals surface area contributed by atoms with Crippen LogP contribution in [-0.4, -0.2) is 0 Å². The van der Waals surface area contributed by atoms with Crippen LogP contribution >= 0.6 is 11.3 Å². The van der Waals surface area contributed by atoms with Gasteiger partial charge in [0, 0.05) is 25.6 Å². The lowest BCUT2D eigenvalue weighted by atomic mass is 9.81. The summed E-state index contributed by atoms with van der Waals surface area (Å²) in [7, 11) is 0. The van der Waals surface area contributed by atoms with Gasteiger partial charge in [-0.2, -0.15) is 0 Å². The zero-order chi connectivity index (χ0) is 37.1. The first-order valence-electron chi connectivity index (χ1n) is 19.6. The normalized spacial score (nSPS) is 13.3. The fourth-order valence-electron chi connectivity index (χ4n) is 9.99. The molecule has 0 saturated heterocycles. The molecule has 0 saturated carbocycles. The third-order valence-electron chi connectivity index (χ3n) is 12.6. The van der Waals surface area contributed by atoms with Crippen molar-refractivity contribution in [3.05, 3.63) is 193 Å². The maximum atomic E-state index is 2.47. The zero-order valence-electron chi connectivity index (χ0n) is 31.2. The van der Waals surface area contributed by atoms with Gasteiger partial charge in [-0.25, -0.2) is 0 Å². The molecule has 1 aromatic heterocycles. The summed E-state index contributed by atoms with van der Waals surface area (Å²) in [6.07, 6.45) is 0. The van der Waals surface area contributed by atoms with Crippen molar-refractivity contribution in [2.75, 3.05) is 0 Å². The van der Waals surface area contributed by atoms with Crippen molar-refractivity contribution >= 4 is 74.6 Å². The van der Waals surface area contributed by atoms with Crippen molar-refractivity contribution in [2.24, 2.45) is 0 Å². The van der Waals surface area contributed by atoms with Gasteiger partial charge in [0.05, 0.1) is 0 Å². The molecule has 10 aromatic carbocycles. The van der Waals surface area contributed by atoms with Gasteiger partial charge in [0.2, 0.25) is 0 Å². The Kier molecular flexibility index (Phi) is 6.66. The molecular formula is C55H36S. The van der Waals surface area contributed by atoms with Crippen LogP contribution in [0.2, 0.25) is 0 Å². The number of hydrogen-bond donors (Lipinski definition) is 0. The van der Waals surface area contributed by atoms with Crippen LogP contribution in [0.1, 0.15) is 25.0 Å². The Morgan fingerprint density at radius 1 is 0.321 bits per heavy atom. The third kappa shape index (κ3) is 4.47. The fraction of sp³-hybridized carbons (Fsp3) is 0.0545. The predicted octanol–water partition coefficient (Wildman–Crippen LogP) is 16.0. The summed E-state index contributed by atoms with van der Waals surface area (Å²) in [6.45, 7) is 4.78. The van der Waals surface area contributed by atoms with E-state index in [-0.39, 0.29) is 5.41 Å². The molecular weight excluding hydrogens is 693 g/mol. The van der Waals surface area contributed by atoms with Crippen LogP contribution in [0.5, 0.6) is 0 Å². The van der Waals surface area contributed by atoms with Crippen LogP contribution in [0, 0.1) is 0 Å². The Bertz CT molecular complexity index is 3380. The highest BCUT2D eigenvalue weighted by molar-refractivity contribution is 7.25. The molecule has 0 radical (unpaired) electrons. The van der Waals surface area contributed by atoms with Crippen molar-refractivity contribution in [2.45, 2.75) is 19.3 Å². The van der Waals surface area contributed by atoms with Crippen molar-refractivity contribution in [1.82, 2.24) is 0 Å². The number of rotatable bonds is 3. The van der Waals surface area contributed by atoms with E-state index < -0.39 is 0 Å². The molecule has 56 heavy (non-hydrogen) atoms. The molecule has 0 N–H and O–H groups in total. The van der Waals surface area contributed by atoms with E-state index in [1.165, 1.54) is 119 Å². The number of thiophene rings is 1. The summed E-state index contributed by atoms with van der Waals surface area (Å²) in [5.41, 5.74) is 13.0. The second-order valence-electron chi connectivity index (χ2n) is 16.0. The molecule has 1 aliphatic carbocycles. The molecule has 1 heteroatoms. The quantitative estimate of drug-likeness (QED) is 0.159. The molecule has 0 fully saturated rings. The van der Waals surface area contributed by atoms with E-state index in [2.05, 4.69) is 196 Å². The molecule has 0 spiro atoms. The summed E-state index contributed by atoms with van der Waals surface area (Å²) >= 11 is 1.90. The Labute approximate surface area is 329 Å². The van der Waals surface area contributed by atoms with E-state index in [1.807, 2.05) is 11.3 Å². The lowest BCUT2D eigenvalue weighted by Crippen LogP contribution is -2.14. The number of fused-ring (bicyclic) bond motifs is 10. The van der Waals surface area contributed by atoms with Crippen LogP contribution in [0.25, 0.3) is 108 Å². The molecule has 0 bridgehead atoms. The third-order valence-corrected chi connectivity index (χ3v) is 13.8. The number of hydrogen-bond acceptors (Lipinski definition) is 1. The summed E-state index contributed by atoms with van der Waals surface area (Å²) in [6, 6.07) is 68.3. The fourth-order valence-corrected chi connectivity index (χ4v) is 11.1. The molecule has 11 aromatic rings. The first kappa shape index (κ1) is 31.8. The molecule has 0 unspecified atom stereocenters. The van der Waals surface area contributed by atoms with Gasteiger partial charge in [0.25, 0.3) is 0 Å². The standard InChI is InChI=1S/C55H36S/c1-55(2)49-27-24-34(28-46(49)47-29-36-32-52-48(30-35(36)31-50(47)55)40-18-12-13-23-51(40)56-52)37-25-26-45(39-17-7-6-16-38(37)39)54-43-21-10-8-19-41(43)53(33-14-4-3-5-15-33)42-20-9-11-22-44(42)54/h3-32H,1-2H3. The highest BCUT2D eigenvalue weighted by atomic mass is 32.1. The van der Waals surface area contributed by atoms with Gasteiger partial charge in [-0.15, -0.1) is 11.3 Å². The van der Waals surface area contributed by atoms with Crippen LogP contribution in [0.15, 0.2) is 182 Å². The van der Waals surface area contributed by atoms with Gasteiger partial charge in [-0.1, -0.05) is 159 Å². The van der Waals surface area contributed by atoms with E-state index >= 15 is 0 Å². The monoisotopic (exact) mass is 728 g/mol. The lowest BCUT2D eigenvalue weighted by Gasteiger charge is -2.22. The molecule has 1 heterocycles. The van der Waals surface area contributed by atoms with Crippen molar-refractivity contribution in [3.63, 3.8) is 0 Å².